The van der Waals surface area contributed by atoms with E-state index < -0.39 is 11.9 Å². The zero-order chi connectivity index (χ0) is 17.9. The molecule has 5 nitrogen and oxygen atoms in total. The highest BCUT2D eigenvalue weighted by Gasteiger charge is 2.03. The maximum Gasteiger partial charge on any atom is 0.351 e. The molecule has 0 unspecified atom stereocenters. The molecular formula is C18H35NO4. The summed E-state index contributed by atoms with van der Waals surface area (Å²) in [5, 5.41) is 14.8. The monoisotopic (exact) mass is 329 g/mol. The zero-order valence-corrected chi connectivity index (χ0v) is 15.2. The van der Waals surface area contributed by atoms with Crippen LogP contribution in [0.2, 0.25) is 0 Å². The summed E-state index contributed by atoms with van der Waals surface area (Å²) < 4.78 is 4.91. The molecule has 0 saturated carbocycles. The van der Waals surface area contributed by atoms with Crippen molar-refractivity contribution in [1.29, 1.82) is 5.41 Å². The molecule has 0 aromatic heterocycles. The second kappa shape index (κ2) is 18.7. The topological polar surface area (TPSA) is 87.5 Å². The normalized spacial score (nSPS) is 9.70. The number of carbonyl (C=O) groups is 2. The lowest BCUT2D eigenvalue weighted by Crippen LogP contribution is -2.13. The van der Waals surface area contributed by atoms with Crippen molar-refractivity contribution < 1.29 is 19.4 Å². The highest BCUT2D eigenvalue weighted by molar-refractivity contribution is 6.33. The number of ether oxygens (including phenoxy) is 1. The number of unbranched alkanes of at least 4 members (excludes halogenated alkanes) is 9. The van der Waals surface area contributed by atoms with Crippen LogP contribution in [-0.2, 0) is 14.3 Å². The average molecular weight is 329 g/mol. The number of carbonyl (C=O) groups excluding carboxylic acids is 1. The van der Waals surface area contributed by atoms with Crippen molar-refractivity contribution in [2.45, 2.75) is 91.4 Å². The van der Waals surface area contributed by atoms with Gasteiger partial charge in [0.15, 0.2) is 0 Å². The average Bonchev–Trinajstić information content (AvgIpc) is 2.52. The lowest BCUT2D eigenvalue weighted by Gasteiger charge is -2.04. The summed E-state index contributed by atoms with van der Waals surface area (Å²) >= 11 is 0. The lowest BCUT2D eigenvalue weighted by atomic mass is 10.1. The fraction of sp³-hybridized carbons (Fsp3) is 0.833. The second-order valence-electron chi connectivity index (χ2n) is 5.69. The predicted octanol–water partition coefficient (Wildman–Crippen LogP) is 4.97. The fourth-order valence-electron chi connectivity index (χ4n) is 1.86. The minimum Gasteiger partial charge on any atom is -0.481 e. The van der Waals surface area contributed by atoms with Gasteiger partial charge in [-0.05, 0) is 13.3 Å². The Morgan fingerprint density at radius 1 is 0.870 bits per heavy atom. The quantitative estimate of drug-likeness (QED) is 0.284. The molecule has 0 aliphatic rings. The van der Waals surface area contributed by atoms with Gasteiger partial charge in [-0.15, -0.1) is 0 Å². The van der Waals surface area contributed by atoms with Crippen LogP contribution in [0.4, 0.5) is 0 Å². The van der Waals surface area contributed by atoms with Gasteiger partial charge in [-0.3, -0.25) is 10.2 Å². The largest absolute Gasteiger partial charge is 0.481 e. The number of carboxylic acids is 1. The van der Waals surface area contributed by atoms with Crippen LogP contribution in [0.25, 0.3) is 0 Å². The summed E-state index contributed by atoms with van der Waals surface area (Å²) in [5.41, 5.74) is -0.0120. The van der Waals surface area contributed by atoms with Crippen molar-refractivity contribution in [1.82, 2.24) is 0 Å². The molecule has 0 bridgehead atoms. The van der Waals surface area contributed by atoms with Gasteiger partial charge in [0.1, 0.15) is 5.71 Å². The first kappa shape index (κ1) is 23.9. The van der Waals surface area contributed by atoms with Gasteiger partial charge in [-0.2, -0.15) is 0 Å². The van der Waals surface area contributed by atoms with Gasteiger partial charge in [-0.25, -0.2) is 4.79 Å². The Balaban J connectivity index is 0. The molecular weight excluding hydrogens is 294 g/mol. The number of hydrogen-bond acceptors (Lipinski definition) is 4. The van der Waals surface area contributed by atoms with Crippen molar-refractivity contribution in [3.63, 3.8) is 0 Å². The minimum absolute atomic E-state index is 0.0120. The first-order chi connectivity index (χ1) is 11.0. The summed E-state index contributed by atoms with van der Waals surface area (Å²) in [4.78, 5) is 20.3. The number of carboxylic acid groups (broad SMARTS) is 1. The molecule has 23 heavy (non-hydrogen) atoms. The van der Waals surface area contributed by atoms with E-state index in [1.807, 2.05) is 0 Å². The molecule has 0 amide bonds. The Kier molecular flexibility index (Phi) is 19.4. The Hall–Kier alpha value is -1.39. The van der Waals surface area contributed by atoms with Gasteiger partial charge < -0.3 is 9.84 Å². The molecule has 0 fully saturated rings. The van der Waals surface area contributed by atoms with Crippen molar-refractivity contribution >= 4 is 17.7 Å². The smallest absolute Gasteiger partial charge is 0.351 e. The van der Waals surface area contributed by atoms with Gasteiger partial charge >= 0.3 is 11.9 Å². The second-order valence-corrected chi connectivity index (χ2v) is 5.69. The molecule has 0 aliphatic carbocycles. The Bertz CT molecular complexity index is 316. The molecule has 0 aliphatic heterocycles. The van der Waals surface area contributed by atoms with Gasteiger partial charge in [0.25, 0.3) is 0 Å². The van der Waals surface area contributed by atoms with Crippen LogP contribution in [0, 0.1) is 5.41 Å². The maximum absolute atomic E-state index is 11.0. The van der Waals surface area contributed by atoms with Crippen molar-refractivity contribution in [3.05, 3.63) is 0 Å². The number of aliphatic carboxylic acids is 1. The minimum atomic E-state index is -0.745. The van der Waals surface area contributed by atoms with Gasteiger partial charge in [-0.1, -0.05) is 71.6 Å². The Morgan fingerprint density at radius 3 is 1.61 bits per heavy atom. The first-order valence-corrected chi connectivity index (χ1v) is 8.89. The number of rotatable bonds is 13. The van der Waals surface area contributed by atoms with E-state index in [1.165, 1.54) is 58.3 Å². The SMILES string of the molecule is CCC(=O)O.CCCCCCCCCCCCOC(=O)C(C)=N. The van der Waals surface area contributed by atoms with Gasteiger partial charge in [0, 0.05) is 6.42 Å². The number of esters is 1. The Labute approximate surface area is 141 Å². The van der Waals surface area contributed by atoms with E-state index in [-0.39, 0.29) is 12.1 Å². The third kappa shape index (κ3) is 23.0. The predicted molar refractivity (Wildman–Crippen MR) is 94.1 cm³/mol. The third-order valence-electron chi connectivity index (χ3n) is 3.34. The molecule has 0 aromatic carbocycles. The van der Waals surface area contributed by atoms with E-state index in [2.05, 4.69) is 6.92 Å². The molecule has 0 aromatic rings. The first-order valence-electron chi connectivity index (χ1n) is 8.89. The maximum atomic E-state index is 11.0. The summed E-state index contributed by atoms with van der Waals surface area (Å²) in [7, 11) is 0. The molecule has 0 saturated heterocycles. The summed E-state index contributed by atoms with van der Waals surface area (Å²) in [6.45, 7) is 5.77. The molecule has 0 atom stereocenters. The molecule has 0 heterocycles. The molecule has 136 valence electrons. The molecule has 2 N–H and O–H groups in total. The lowest BCUT2D eigenvalue weighted by molar-refractivity contribution is -0.137. The van der Waals surface area contributed by atoms with E-state index in [4.69, 9.17) is 15.3 Å². The van der Waals surface area contributed by atoms with Crippen molar-refractivity contribution in [2.75, 3.05) is 6.61 Å². The van der Waals surface area contributed by atoms with Crippen molar-refractivity contribution in [2.24, 2.45) is 0 Å². The summed E-state index contributed by atoms with van der Waals surface area (Å²) in [6.07, 6.45) is 12.9. The van der Waals surface area contributed by atoms with Gasteiger partial charge in [0.2, 0.25) is 0 Å². The molecule has 5 heteroatoms. The highest BCUT2D eigenvalue weighted by atomic mass is 16.5. The van der Waals surface area contributed by atoms with Crippen molar-refractivity contribution in [3.8, 4) is 0 Å². The van der Waals surface area contributed by atoms with Crippen LogP contribution in [0.1, 0.15) is 91.4 Å². The van der Waals surface area contributed by atoms with Crippen LogP contribution < -0.4 is 0 Å². The highest BCUT2D eigenvalue weighted by Crippen LogP contribution is 2.10. The van der Waals surface area contributed by atoms with E-state index >= 15 is 0 Å². The summed E-state index contributed by atoms with van der Waals surface area (Å²) in [6, 6.07) is 0. The van der Waals surface area contributed by atoms with Crippen LogP contribution in [-0.4, -0.2) is 29.4 Å². The van der Waals surface area contributed by atoms with Crippen LogP contribution in [0.5, 0.6) is 0 Å². The standard InChI is InChI=1S/C15H29NO2.C3H6O2/c1-3-4-5-6-7-8-9-10-11-12-13-18-15(17)14(2)16;1-2-3(4)5/h16H,3-13H2,1-2H3;2H2,1H3,(H,4,5). The third-order valence-corrected chi connectivity index (χ3v) is 3.34. The van der Waals surface area contributed by atoms with Crippen LogP contribution in [0.3, 0.4) is 0 Å². The van der Waals surface area contributed by atoms with Crippen LogP contribution >= 0.6 is 0 Å². The van der Waals surface area contributed by atoms with E-state index in [0.717, 1.165) is 12.8 Å². The van der Waals surface area contributed by atoms with Gasteiger partial charge in [0.05, 0.1) is 6.61 Å². The number of hydrogen-bond donors (Lipinski definition) is 2. The molecule has 0 spiro atoms. The van der Waals surface area contributed by atoms with E-state index in [0.29, 0.717) is 6.61 Å². The molecule has 0 radical (unpaired) electrons. The summed E-state index contributed by atoms with van der Waals surface area (Å²) in [5.74, 6) is -1.23. The van der Waals surface area contributed by atoms with Crippen LogP contribution in [0.15, 0.2) is 0 Å². The zero-order valence-electron chi connectivity index (χ0n) is 15.2. The Morgan fingerprint density at radius 2 is 1.26 bits per heavy atom. The number of nitrogens with one attached hydrogen (secondary N) is 1. The van der Waals surface area contributed by atoms with E-state index in [1.54, 1.807) is 6.92 Å². The van der Waals surface area contributed by atoms with E-state index in [9.17, 15) is 9.59 Å². The molecule has 0 rings (SSSR count). The fourth-order valence-corrected chi connectivity index (χ4v) is 1.86.